The molecule has 1 aromatic heterocycles. The maximum atomic E-state index is 4.38. The van der Waals surface area contributed by atoms with Gasteiger partial charge in [0.2, 0.25) is 0 Å². The van der Waals surface area contributed by atoms with E-state index in [1.54, 1.807) is 12.7 Å². The molecule has 0 radical (unpaired) electrons. The van der Waals surface area contributed by atoms with E-state index in [0.717, 1.165) is 44.4 Å². The molecule has 1 fully saturated rings. The van der Waals surface area contributed by atoms with Crippen LogP contribution >= 0.6 is 0 Å². The fourth-order valence-electron chi connectivity index (χ4n) is 3.90. The number of hydrogen-bond donors (Lipinski definition) is 2. The van der Waals surface area contributed by atoms with Crippen LogP contribution in [-0.2, 0) is 6.54 Å². The lowest BCUT2D eigenvalue weighted by Gasteiger charge is -2.32. The largest absolute Gasteiger partial charge is 0.356 e. The number of nitrogens with zero attached hydrogens (tertiary/aromatic N) is 4. The lowest BCUT2D eigenvalue weighted by atomic mass is 9.78. The first-order valence-electron chi connectivity index (χ1n) is 9.40. The molecule has 24 heavy (non-hydrogen) atoms. The number of nitrogens with one attached hydrogen (secondary N) is 2. The Labute approximate surface area is 146 Å². The Morgan fingerprint density at radius 2 is 1.88 bits per heavy atom. The summed E-state index contributed by atoms with van der Waals surface area (Å²) in [6.45, 7) is 7.63. The van der Waals surface area contributed by atoms with Gasteiger partial charge in [-0.15, -0.1) is 10.2 Å². The number of aliphatic imine (C=N–C) groups is 1. The predicted molar refractivity (Wildman–Crippen MR) is 99.0 cm³/mol. The van der Waals surface area contributed by atoms with Gasteiger partial charge in [0.25, 0.3) is 0 Å². The van der Waals surface area contributed by atoms with Crippen LogP contribution in [0.15, 0.2) is 17.6 Å². The molecule has 0 saturated heterocycles. The highest BCUT2D eigenvalue weighted by atomic mass is 15.2. The fourth-order valence-corrected chi connectivity index (χ4v) is 3.90. The summed E-state index contributed by atoms with van der Waals surface area (Å²) in [5.74, 6) is 1.70. The molecular formula is C18H34N6. The van der Waals surface area contributed by atoms with Crippen molar-refractivity contribution in [3.8, 4) is 0 Å². The van der Waals surface area contributed by atoms with Crippen molar-refractivity contribution < 1.29 is 0 Å². The molecule has 1 aliphatic rings. The summed E-state index contributed by atoms with van der Waals surface area (Å²) in [4.78, 5) is 4.38. The van der Waals surface area contributed by atoms with Crippen molar-refractivity contribution in [2.24, 2.45) is 16.3 Å². The number of unbranched alkanes of at least 4 members (excludes halogenated alkanes) is 1. The van der Waals surface area contributed by atoms with Gasteiger partial charge >= 0.3 is 0 Å². The van der Waals surface area contributed by atoms with Gasteiger partial charge in [-0.05, 0) is 43.4 Å². The minimum atomic E-state index is 0.472. The summed E-state index contributed by atoms with van der Waals surface area (Å²) in [6.07, 6.45) is 12.5. The Bertz CT molecular complexity index is 474. The molecule has 0 bridgehead atoms. The molecule has 0 unspecified atom stereocenters. The smallest absolute Gasteiger partial charge is 0.190 e. The van der Waals surface area contributed by atoms with Crippen LogP contribution in [0.1, 0.15) is 58.8 Å². The van der Waals surface area contributed by atoms with Gasteiger partial charge in [0, 0.05) is 26.7 Å². The molecule has 136 valence electrons. The third-order valence-electron chi connectivity index (χ3n) is 4.96. The van der Waals surface area contributed by atoms with Crippen LogP contribution in [-0.4, -0.2) is 40.9 Å². The first-order valence-corrected chi connectivity index (χ1v) is 9.40. The van der Waals surface area contributed by atoms with Crippen LogP contribution in [0, 0.1) is 11.3 Å². The Kier molecular flexibility index (Phi) is 7.53. The van der Waals surface area contributed by atoms with E-state index < -0.39 is 0 Å². The summed E-state index contributed by atoms with van der Waals surface area (Å²) >= 11 is 0. The highest BCUT2D eigenvalue weighted by molar-refractivity contribution is 5.79. The fraction of sp³-hybridized carbons (Fsp3) is 0.833. The molecule has 6 nitrogen and oxygen atoms in total. The second-order valence-corrected chi connectivity index (χ2v) is 7.56. The lowest BCUT2D eigenvalue weighted by Crippen LogP contribution is -2.43. The monoisotopic (exact) mass is 334 g/mol. The number of rotatable bonds is 9. The van der Waals surface area contributed by atoms with Crippen LogP contribution in [0.5, 0.6) is 0 Å². The second-order valence-electron chi connectivity index (χ2n) is 7.56. The van der Waals surface area contributed by atoms with Crippen LogP contribution < -0.4 is 10.6 Å². The van der Waals surface area contributed by atoms with Crippen LogP contribution in [0.4, 0.5) is 0 Å². The first-order chi connectivity index (χ1) is 11.6. The highest BCUT2D eigenvalue weighted by Gasteiger charge is 2.34. The van der Waals surface area contributed by atoms with Crippen LogP contribution in [0.3, 0.4) is 0 Å². The quantitative estimate of drug-likeness (QED) is 0.414. The van der Waals surface area contributed by atoms with Gasteiger partial charge in [-0.1, -0.05) is 26.7 Å². The number of hydrogen-bond acceptors (Lipinski definition) is 3. The van der Waals surface area contributed by atoms with Crippen molar-refractivity contribution in [2.45, 2.75) is 65.3 Å². The van der Waals surface area contributed by atoms with Crippen molar-refractivity contribution in [1.82, 2.24) is 25.4 Å². The zero-order valence-electron chi connectivity index (χ0n) is 15.6. The highest BCUT2D eigenvalue weighted by Crippen LogP contribution is 2.42. The summed E-state index contributed by atoms with van der Waals surface area (Å²) in [5.41, 5.74) is 0.472. The molecule has 1 heterocycles. The van der Waals surface area contributed by atoms with Crippen LogP contribution in [0.25, 0.3) is 0 Å². The third kappa shape index (κ3) is 6.13. The zero-order valence-corrected chi connectivity index (χ0v) is 15.6. The van der Waals surface area contributed by atoms with E-state index in [2.05, 4.69) is 39.7 Å². The molecule has 0 spiro atoms. The zero-order chi connectivity index (χ0) is 17.3. The van der Waals surface area contributed by atoms with E-state index in [1.807, 2.05) is 11.6 Å². The molecule has 0 amide bonds. The molecule has 6 heteroatoms. The minimum absolute atomic E-state index is 0.472. The average molecular weight is 335 g/mol. The van der Waals surface area contributed by atoms with E-state index in [-0.39, 0.29) is 0 Å². The van der Waals surface area contributed by atoms with Gasteiger partial charge in [0.15, 0.2) is 5.96 Å². The molecule has 1 aromatic rings. The normalized spacial score (nSPS) is 17.4. The second kappa shape index (κ2) is 9.64. The Balaban J connectivity index is 1.66. The van der Waals surface area contributed by atoms with Gasteiger partial charge in [-0.3, -0.25) is 4.99 Å². The summed E-state index contributed by atoms with van der Waals surface area (Å²) in [5, 5.41) is 14.7. The number of aryl methyl sites for hydroxylation is 1. The van der Waals surface area contributed by atoms with Crippen molar-refractivity contribution in [3.63, 3.8) is 0 Å². The molecule has 1 aliphatic carbocycles. The van der Waals surface area contributed by atoms with E-state index in [0.29, 0.717) is 5.41 Å². The van der Waals surface area contributed by atoms with Gasteiger partial charge in [0.1, 0.15) is 12.7 Å². The Morgan fingerprint density at radius 1 is 1.17 bits per heavy atom. The van der Waals surface area contributed by atoms with Gasteiger partial charge in [-0.2, -0.15) is 0 Å². The molecule has 1 saturated carbocycles. The number of guanidine groups is 1. The van der Waals surface area contributed by atoms with Crippen molar-refractivity contribution in [2.75, 3.05) is 20.1 Å². The van der Waals surface area contributed by atoms with E-state index >= 15 is 0 Å². The van der Waals surface area contributed by atoms with E-state index in [4.69, 9.17) is 0 Å². The third-order valence-corrected chi connectivity index (χ3v) is 4.96. The summed E-state index contributed by atoms with van der Waals surface area (Å²) in [6, 6.07) is 0. The van der Waals surface area contributed by atoms with Gasteiger partial charge in [-0.25, -0.2) is 0 Å². The molecule has 2 N–H and O–H groups in total. The Hall–Kier alpha value is -1.59. The van der Waals surface area contributed by atoms with Crippen molar-refractivity contribution in [3.05, 3.63) is 12.7 Å². The van der Waals surface area contributed by atoms with Crippen molar-refractivity contribution >= 4 is 5.96 Å². The molecule has 2 rings (SSSR count). The molecule has 0 atom stereocenters. The maximum absolute atomic E-state index is 4.38. The SMILES string of the molecule is CN=C(NCCCCn1cnnc1)NCC1(CC(C)C)CCCC1. The van der Waals surface area contributed by atoms with E-state index in [9.17, 15) is 0 Å². The Morgan fingerprint density at radius 3 is 2.50 bits per heavy atom. The summed E-state index contributed by atoms with van der Waals surface area (Å²) < 4.78 is 2.02. The predicted octanol–water partition coefficient (Wildman–Crippen LogP) is 2.83. The topological polar surface area (TPSA) is 67.1 Å². The molecule has 0 aliphatic heterocycles. The summed E-state index contributed by atoms with van der Waals surface area (Å²) in [7, 11) is 1.86. The van der Waals surface area contributed by atoms with Crippen LogP contribution in [0.2, 0.25) is 0 Å². The van der Waals surface area contributed by atoms with E-state index in [1.165, 1.54) is 32.1 Å². The molecule has 0 aromatic carbocycles. The van der Waals surface area contributed by atoms with Gasteiger partial charge < -0.3 is 15.2 Å². The standard InChI is InChI=1S/C18H34N6/c1-16(2)12-18(8-4-5-9-18)13-21-17(19-3)20-10-6-7-11-24-14-22-23-15-24/h14-16H,4-13H2,1-3H3,(H2,19,20,21). The number of aromatic nitrogens is 3. The maximum Gasteiger partial charge on any atom is 0.190 e. The lowest BCUT2D eigenvalue weighted by molar-refractivity contribution is 0.235. The first kappa shape index (κ1) is 18.7. The molecular weight excluding hydrogens is 300 g/mol. The average Bonchev–Trinajstić information content (AvgIpc) is 3.22. The van der Waals surface area contributed by atoms with Crippen molar-refractivity contribution in [1.29, 1.82) is 0 Å². The van der Waals surface area contributed by atoms with Gasteiger partial charge in [0.05, 0.1) is 0 Å². The minimum Gasteiger partial charge on any atom is -0.356 e.